The normalized spacial score (nSPS) is 21.5. The molecule has 0 amide bonds. The molecule has 0 bridgehead atoms. The van der Waals surface area contributed by atoms with Gasteiger partial charge in [0.25, 0.3) is 0 Å². The van der Waals surface area contributed by atoms with E-state index >= 15 is 0 Å². The third kappa shape index (κ3) is 1.90. The third-order valence-corrected chi connectivity index (χ3v) is 4.28. The van der Waals surface area contributed by atoms with E-state index in [1.807, 2.05) is 23.1 Å². The highest BCUT2D eigenvalue weighted by atomic mass is 32.2. The predicted molar refractivity (Wildman–Crippen MR) is 59.2 cm³/mol. The number of fused-ring (bicyclic) bond motifs is 1. The first-order chi connectivity index (χ1) is 6.31. The molecule has 0 saturated carbocycles. The van der Waals surface area contributed by atoms with Crippen LogP contribution in [0.4, 0.5) is 0 Å². The highest BCUT2D eigenvalue weighted by Gasteiger charge is 2.21. The molecule has 13 heavy (non-hydrogen) atoms. The Kier molecular flexibility index (Phi) is 2.91. The van der Waals surface area contributed by atoms with Crippen LogP contribution in [0.1, 0.15) is 34.5 Å². The smallest absolute Gasteiger partial charge is 0.103 e. The lowest BCUT2D eigenvalue weighted by atomic mass is 9.99. The van der Waals surface area contributed by atoms with E-state index in [9.17, 15) is 0 Å². The van der Waals surface area contributed by atoms with Crippen molar-refractivity contribution in [1.29, 1.82) is 0 Å². The van der Waals surface area contributed by atoms with Gasteiger partial charge in [-0.25, -0.2) is 4.98 Å². The largest absolute Gasteiger partial charge is 0.323 e. The summed E-state index contributed by atoms with van der Waals surface area (Å²) in [4.78, 5) is 5.95. The molecule has 4 heteroatoms. The van der Waals surface area contributed by atoms with Gasteiger partial charge in [0.05, 0.1) is 5.69 Å². The van der Waals surface area contributed by atoms with Crippen molar-refractivity contribution in [2.75, 3.05) is 6.26 Å². The van der Waals surface area contributed by atoms with Crippen LogP contribution < -0.4 is 5.73 Å². The summed E-state index contributed by atoms with van der Waals surface area (Å²) in [5, 5.41) is 1.25. The van der Waals surface area contributed by atoms with Crippen LogP contribution in [0.25, 0.3) is 0 Å². The van der Waals surface area contributed by atoms with Gasteiger partial charge in [0, 0.05) is 16.7 Å². The fourth-order valence-corrected chi connectivity index (χ4v) is 3.53. The molecule has 1 aromatic heterocycles. The molecule has 0 aromatic carbocycles. The van der Waals surface area contributed by atoms with Crippen LogP contribution in [0, 0.1) is 0 Å². The van der Waals surface area contributed by atoms with Crippen molar-refractivity contribution in [3.05, 3.63) is 15.6 Å². The van der Waals surface area contributed by atoms with Crippen molar-refractivity contribution < 1.29 is 0 Å². The van der Waals surface area contributed by atoms with Crippen molar-refractivity contribution in [3.63, 3.8) is 0 Å². The van der Waals surface area contributed by atoms with Gasteiger partial charge in [-0.05, 0) is 25.5 Å². The first kappa shape index (κ1) is 9.49. The summed E-state index contributed by atoms with van der Waals surface area (Å²) in [7, 11) is 0. The molecular weight excluding hydrogens is 200 g/mol. The Balaban J connectivity index is 2.25. The Bertz CT molecular complexity index is 296. The maximum absolute atomic E-state index is 6.02. The molecule has 1 aliphatic rings. The van der Waals surface area contributed by atoms with Gasteiger partial charge in [-0.2, -0.15) is 11.8 Å². The van der Waals surface area contributed by atoms with Gasteiger partial charge in [0.1, 0.15) is 5.01 Å². The van der Waals surface area contributed by atoms with Crippen LogP contribution in [0.3, 0.4) is 0 Å². The standard InChI is InChI=1S/C9H14N2S2/c1-12-5-8-11-7-4-2-3-6(10)9(7)13-8/h6H,2-5,10H2,1H3. The average molecular weight is 214 g/mol. The zero-order valence-corrected chi connectivity index (χ0v) is 9.38. The van der Waals surface area contributed by atoms with Crippen LogP contribution >= 0.6 is 23.1 Å². The topological polar surface area (TPSA) is 38.9 Å². The highest BCUT2D eigenvalue weighted by molar-refractivity contribution is 7.97. The van der Waals surface area contributed by atoms with Crippen LogP contribution in [0.15, 0.2) is 0 Å². The highest BCUT2D eigenvalue weighted by Crippen LogP contribution is 2.33. The number of rotatable bonds is 2. The van der Waals surface area contributed by atoms with E-state index in [1.54, 1.807) is 0 Å². The van der Waals surface area contributed by atoms with E-state index < -0.39 is 0 Å². The molecule has 2 nitrogen and oxygen atoms in total. The predicted octanol–water partition coefficient (Wildman–Crippen LogP) is 2.34. The molecule has 0 fully saturated rings. The summed E-state index contributed by atoms with van der Waals surface area (Å²) in [5.74, 6) is 1.03. The molecule has 0 saturated heterocycles. The fourth-order valence-electron chi connectivity index (χ4n) is 1.69. The number of thiazole rings is 1. The second kappa shape index (κ2) is 3.98. The van der Waals surface area contributed by atoms with Crippen LogP contribution in [0.5, 0.6) is 0 Å². The zero-order chi connectivity index (χ0) is 9.26. The van der Waals surface area contributed by atoms with E-state index in [0.29, 0.717) is 0 Å². The second-order valence-corrected chi connectivity index (χ2v) is 5.33. The lowest BCUT2D eigenvalue weighted by molar-refractivity contribution is 0.573. The lowest BCUT2D eigenvalue weighted by Crippen LogP contribution is -2.15. The summed E-state index contributed by atoms with van der Waals surface area (Å²) < 4.78 is 0. The van der Waals surface area contributed by atoms with E-state index in [2.05, 4.69) is 11.2 Å². The van der Waals surface area contributed by atoms with Crippen molar-refractivity contribution >= 4 is 23.1 Å². The number of nitrogens with zero attached hydrogens (tertiary/aromatic N) is 1. The van der Waals surface area contributed by atoms with Gasteiger partial charge in [-0.3, -0.25) is 0 Å². The number of hydrogen-bond donors (Lipinski definition) is 1. The van der Waals surface area contributed by atoms with Crippen LogP contribution in [0.2, 0.25) is 0 Å². The minimum atomic E-state index is 0.261. The fraction of sp³-hybridized carbons (Fsp3) is 0.667. The van der Waals surface area contributed by atoms with Gasteiger partial charge in [-0.1, -0.05) is 0 Å². The number of thioether (sulfide) groups is 1. The van der Waals surface area contributed by atoms with Crippen molar-refractivity contribution in [2.45, 2.75) is 31.1 Å². The van der Waals surface area contributed by atoms with E-state index in [0.717, 1.165) is 18.6 Å². The lowest BCUT2D eigenvalue weighted by Gasteiger charge is -2.15. The molecule has 1 heterocycles. The Morgan fingerprint density at radius 3 is 3.23 bits per heavy atom. The van der Waals surface area contributed by atoms with Gasteiger partial charge < -0.3 is 5.73 Å². The molecule has 0 aliphatic heterocycles. The molecule has 1 unspecified atom stereocenters. The van der Waals surface area contributed by atoms with Crippen LogP contribution in [-0.2, 0) is 12.2 Å². The molecule has 72 valence electrons. The summed E-state index contributed by atoms with van der Waals surface area (Å²) >= 11 is 3.64. The zero-order valence-electron chi connectivity index (χ0n) is 7.75. The number of hydrogen-bond acceptors (Lipinski definition) is 4. The molecule has 0 spiro atoms. The van der Waals surface area contributed by atoms with Gasteiger partial charge in [-0.15, -0.1) is 11.3 Å². The Labute approximate surface area is 86.9 Å². The molecule has 1 aliphatic carbocycles. The van der Waals surface area contributed by atoms with Gasteiger partial charge in [0.2, 0.25) is 0 Å². The van der Waals surface area contributed by atoms with Gasteiger partial charge >= 0.3 is 0 Å². The monoisotopic (exact) mass is 214 g/mol. The van der Waals surface area contributed by atoms with Crippen LogP contribution in [-0.4, -0.2) is 11.2 Å². The van der Waals surface area contributed by atoms with E-state index in [-0.39, 0.29) is 6.04 Å². The Morgan fingerprint density at radius 2 is 2.54 bits per heavy atom. The second-order valence-electron chi connectivity index (χ2n) is 3.35. The van der Waals surface area contributed by atoms with Crippen molar-refractivity contribution in [2.24, 2.45) is 5.73 Å². The molecular formula is C9H14N2S2. The molecule has 1 atom stereocenters. The molecule has 0 radical (unpaired) electrons. The summed E-state index contributed by atoms with van der Waals surface area (Å²) in [6.07, 6.45) is 5.58. The quantitative estimate of drug-likeness (QED) is 0.821. The Morgan fingerprint density at radius 1 is 1.69 bits per heavy atom. The number of nitrogens with two attached hydrogens (primary N) is 1. The average Bonchev–Trinajstić information content (AvgIpc) is 2.49. The first-order valence-corrected chi connectivity index (χ1v) is 6.75. The molecule has 2 N–H and O–H groups in total. The molecule has 2 rings (SSSR count). The number of aromatic nitrogens is 1. The molecule has 1 aromatic rings. The van der Waals surface area contributed by atoms with Gasteiger partial charge in [0.15, 0.2) is 0 Å². The minimum Gasteiger partial charge on any atom is -0.323 e. The SMILES string of the molecule is CSCc1nc2c(s1)C(N)CCC2. The summed E-state index contributed by atoms with van der Waals surface area (Å²) in [5.41, 5.74) is 7.29. The third-order valence-electron chi connectivity index (χ3n) is 2.31. The van der Waals surface area contributed by atoms with E-state index in [4.69, 9.17) is 5.73 Å². The van der Waals surface area contributed by atoms with Crippen molar-refractivity contribution in [3.8, 4) is 0 Å². The van der Waals surface area contributed by atoms with E-state index in [1.165, 1.54) is 22.0 Å². The summed E-state index contributed by atoms with van der Waals surface area (Å²) in [6, 6.07) is 0.261. The Hall–Kier alpha value is -0.0600. The maximum atomic E-state index is 6.02. The summed E-state index contributed by atoms with van der Waals surface area (Å²) in [6.45, 7) is 0. The van der Waals surface area contributed by atoms with Crippen molar-refractivity contribution in [1.82, 2.24) is 4.98 Å². The number of aryl methyl sites for hydroxylation is 1. The minimum absolute atomic E-state index is 0.261. The maximum Gasteiger partial charge on any atom is 0.103 e. The first-order valence-electron chi connectivity index (χ1n) is 4.54.